The van der Waals surface area contributed by atoms with Gasteiger partial charge in [0.2, 0.25) is 0 Å². The van der Waals surface area contributed by atoms with E-state index in [1.54, 1.807) is 12.0 Å². The van der Waals surface area contributed by atoms with Crippen LogP contribution in [0.25, 0.3) is 17.0 Å². The van der Waals surface area contributed by atoms with Crippen LogP contribution in [0.4, 0.5) is 0 Å². The van der Waals surface area contributed by atoms with Gasteiger partial charge in [0.1, 0.15) is 10.1 Å². The second-order valence-electron chi connectivity index (χ2n) is 7.58. The van der Waals surface area contributed by atoms with Crippen molar-refractivity contribution in [1.82, 2.24) is 14.4 Å². The van der Waals surface area contributed by atoms with Gasteiger partial charge < -0.3 is 14.0 Å². The third-order valence-corrected chi connectivity index (χ3v) is 7.23. The molecule has 2 aromatic rings. The van der Waals surface area contributed by atoms with Crippen molar-refractivity contribution in [2.75, 3.05) is 46.5 Å². The SMILES string of the molecule is COc1ccc2c(c1)c(/C=C1/SC(=S)N(CCCN3CCOCC3)C1=O)c(C)n2C. The molecule has 160 valence electrons. The molecule has 3 heterocycles. The molecule has 0 aliphatic carbocycles. The number of ether oxygens (including phenoxy) is 2. The van der Waals surface area contributed by atoms with Crippen molar-refractivity contribution in [3.8, 4) is 5.75 Å². The van der Waals surface area contributed by atoms with Gasteiger partial charge in [-0.2, -0.15) is 0 Å². The monoisotopic (exact) mass is 445 g/mol. The standard InChI is InChI=1S/C22H27N3O3S2/c1-15-17(18-13-16(27-3)5-6-19(18)23(15)2)14-20-21(26)25(22(29)30-20)8-4-7-24-9-11-28-12-10-24/h5-6,13-14H,4,7-12H2,1-3H3/b20-14+. The van der Waals surface area contributed by atoms with E-state index >= 15 is 0 Å². The lowest BCUT2D eigenvalue weighted by Crippen LogP contribution is -2.38. The Morgan fingerprint density at radius 3 is 2.77 bits per heavy atom. The number of rotatable bonds is 6. The van der Waals surface area contributed by atoms with Crippen LogP contribution < -0.4 is 4.74 Å². The smallest absolute Gasteiger partial charge is 0.266 e. The number of aromatic nitrogens is 1. The number of carbonyl (C=O) groups is 1. The Morgan fingerprint density at radius 2 is 2.03 bits per heavy atom. The van der Waals surface area contributed by atoms with Crippen LogP contribution in [0.1, 0.15) is 17.7 Å². The summed E-state index contributed by atoms with van der Waals surface area (Å²) in [4.78, 5) is 17.9. The average molecular weight is 446 g/mol. The van der Waals surface area contributed by atoms with E-state index in [-0.39, 0.29) is 5.91 Å². The number of benzene rings is 1. The average Bonchev–Trinajstić information content (AvgIpc) is 3.16. The van der Waals surface area contributed by atoms with Crippen molar-refractivity contribution in [3.05, 3.63) is 34.4 Å². The van der Waals surface area contributed by atoms with Crippen LogP contribution in [0.3, 0.4) is 0 Å². The number of aryl methyl sites for hydroxylation is 1. The molecule has 1 amide bonds. The first-order valence-corrected chi connectivity index (χ1v) is 11.4. The zero-order valence-electron chi connectivity index (χ0n) is 17.6. The van der Waals surface area contributed by atoms with Crippen molar-refractivity contribution < 1.29 is 14.3 Å². The number of fused-ring (bicyclic) bond motifs is 1. The molecule has 0 unspecified atom stereocenters. The molecule has 0 saturated carbocycles. The molecule has 2 aliphatic rings. The van der Waals surface area contributed by atoms with Crippen molar-refractivity contribution >= 4 is 51.2 Å². The van der Waals surface area contributed by atoms with Crippen LogP contribution in [0, 0.1) is 6.92 Å². The number of morpholine rings is 1. The van der Waals surface area contributed by atoms with E-state index in [1.165, 1.54) is 11.8 Å². The Balaban J connectivity index is 1.52. The van der Waals surface area contributed by atoms with E-state index in [4.69, 9.17) is 21.7 Å². The van der Waals surface area contributed by atoms with Crippen LogP contribution in [-0.2, 0) is 16.6 Å². The zero-order valence-corrected chi connectivity index (χ0v) is 19.3. The molecule has 4 rings (SSSR count). The van der Waals surface area contributed by atoms with E-state index in [1.807, 2.05) is 25.3 Å². The summed E-state index contributed by atoms with van der Waals surface area (Å²) in [6, 6.07) is 6.03. The minimum atomic E-state index is 0.00581. The molecular formula is C22H27N3O3S2. The first-order valence-electron chi connectivity index (χ1n) is 10.2. The summed E-state index contributed by atoms with van der Waals surface area (Å²) >= 11 is 6.92. The van der Waals surface area contributed by atoms with E-state index in [0.717, 1.165) is 67.2 Å². The molecule has 2 aliphatic heterocycles. The van der Waals surface area contributed by atoms with Crippen LogP contribution in [0.5, 0.6) is 5.75 Å². The lowest BCUT2D eigenvalue weighted by Gasteiger charge is -2.27. The third kappa shape index (κ3) is 4.14. The number of carbonyl (C=O) groups excluding carboxylic acids is 1. The van der Waals surface area contributed by atoms with Gasteiger partial charge in [-0.15, -0.1) is 0 Å². The summed E-state index contributed by atoms with van der Waals surface area (Å²) in [5.41, 5.74) is 3.26. The minimum Gasteiger partial charge on any atom is -0.497 e. The number of hydrogen-bond acceptors (Lipinski definition) is 6. The highest BCUT2D eigenvalue weighted by Crippen LogP contribution is 2.36. The van der Waals surface area contributed by atoms with Gasteiger partial charge in [0.25, 0.3) is 5.91 Å². The fraction of sp³-hybridized carbons (Fsp3) is 0.455. The number of nitrogens with zero attached hydrogens (tertiary/aromatic N) is 3. The molecule has 6 nitrogen and oxygen atoms in total. The minimum absolute atomic E-state index is 0.00581. The zero-order chi connectivity index (χ0) is 21.3. The molecule has 30 heavy (non-hydrogen) atoms. The first kappa shape index (κ1) is 21.4. The Bertz CT molecular complexity index is 1010. The van der Waals surface area contributed by atoms with Gasteiger partial charge >= 0.3 is 0 Å². The number of amides is 1. The number of thioether (sulfide) groups is 1. The topological polar surface area (TPSA) is 46.9 Å². The number of hydrogen-bond donors (Lipinski definition) is 0. The normalized spacial score (nSPS) is 19.4. The van der Waals surface area contributed by atoms with Gasteiger partial charge in [0, 0.05) is 55.4 Å². The van der Waals surface area contributed by atoms with Crippen LogP contribution >= 0.6 is 24.0 Å². The van der Waals surface area contributed by atoms with Crippen LogP contribution in [-0.4, -0.2) is 71.1 Å². The van der Waals surface area contributed by atoms with Crippen molar-refractivity contribution in [2.24, 2.45) is 7.05 Å². The third-order valence-electron chi connectivity index (χ3n) is 5.86. The van der Waals surface area contributed by atoms with Gasteiger partial charge in [-0.3, -0.25) is 14.6 Å². The highest BCUT2D eigenvalue weighted by Gasteiger charge is 2.32. The molecule has 1 aromatic heterocycles. The van der Waals surface area contributed by atoms with Crippen LogP contribution in [0.2, 0.25) is 0 Å². The van der Waals surface area contributed by atoms with Gasteiger partial charge in [0.15, 0.2) is 0 Å². The predicted molar refractivity (Wildman–Crippen MR) is 126 cm³/mol. The summed E-state index contributed by atoms with van der Waals surface area (Å²) in [6.07, 6.45) is 2.89. The Labute approximate surface area is 186 Å². The highest BCUT2D eigenvalue weighted by molar-refractivity contribution is 8.26. The second kappa shape index (κ2) is 9.09. The number of methoxy groups -OCH3 is 1. The lowest BCUT2D eigenvalue weighted by molar-refractivity contribution is -0.122. The lowest BCUT2D eigenvalue weighted by atomic mass is 10.1. The van der Waals surface area contributed by atoms with Crippen molar-refractivity contribution in [1.29, 1.82) is 0 Å². The van der Waals surface area contributed by atoms with Crippen LogP contribution in [0.15, 0.2) is 23.1 Å². The molecule has 0 radical (unpaired) electrons. The molecule has 2 fully saturated rings. The molecule has 8 heteroatoms. The summed E-state index contributed by atoms with van der Waals surface area (Å²) in [5.74, 6) is 0.810. The van der Waals surface area contributed by atoms with Gasteiger partial charge in [-0.05, 0) is 37.6 Å². The summed E-state index contributed by atoms with van der Waals surface area (Å²) in [7, 11) is 3.71. The molecule has 0 spiro atoms. The fourth-order valence-electron chi connectivity index (χ4n) is 3.99. The van der Waals surface area contributed by atoms with Gasteiger partial charge in [-0.25, -0.2) is 0 Å². The molecule has 1 aromatic carbocycles. The predicted octanol–water partition coefficient (Wildman–Crippen LogP) is 3.42. The quantitative estimate of drug-likeness (QED) is 0.502. The van der Waals surface area contributed by atoms with E-state index in [2.05, 4.69) is 22.5 Å². The Morgan fingerprint density at radius 1 is 1.27 bits per heavy atom. The summed E-state index contributed by atoms with van der Waals surface area (Å²) in [6.45, 7) is 7.19. The maximum atomic E-state index is 13.1. The van der Waals surface area contributed by atoms with Gasteiger partial charge in [-0.1, -0.05) is 24.0 Å². The fourth-order valence-corrected chi connectivity index (χ4v) is 5.28. The van der Waals surface area contributed by atoms with E-state index < -0.39 is 0 Å². The second-order valence-corrected chi connectivity index (χ2v) is 9.26. The molecule has 0 bridgehead atoms. The largest absolute Gasteiger partial charge is 0.497 e. The van der Waals surface area contributed by atoms with Crippen molar-refractivity contribution in [3.63, 3.8) is 0 Å². The molecule has 2 saturated heterocycles. The van der Waals surface area contributed by atoms with Crippen molar-refractivity contribution in [2.45, 2.75) is 13.3 Å². The first-order chi connectivity index (χ1) is 14.5. The number of thiocarbonyl (C=S) groups is 1. The van der Waals surface area contributed by atoms with E-state index in [9.17, 15) is 4.79 Å². The Hall–Kier alpha value is -1.87. The molecule has 0 atom stereocenters. The molecule has 0 N–H and O–H groups in total. The highest BCUT2D eigenvalue weighted by atomic mass is 32.2. The molecular weight excluding hydrogens is 418 g/mol. The maximum absolute atomic E-state index is 13.1. The summed E-state index contributed by atoms with van der Waals surface area (Å²) < 4.78 is 13.6. The van der Waals surface area contributed by atoms with Gasteiger partial charge in [0.05, 0.1) is 25.2 Å². The maximum Gasteiger partial charge on any atom is 0.266 e. The Kier molecular flexibility index (Phi) is 6.48. The van der Waals surface area contributed by atoms with E-state index in [0.29, 0.717) is 15.8 Å². The summed E-state index contributed by atoms with van der Waals surface area (Å²) in [5, 5.41) is 1.08.